The second kappa shape index (κ2) is 6.16. The molecule has 1 atom stereocenters. The first-order valence-electron chi connectivity index (χ1n) is 8.07. The van der Waals surface area contributed by atoms with Gasteiger partial charge < -0.3 is 14.7 Å². The van der Waals surface area contributed by atoms with Crippen LogP contribution in [-0.4, -0.2) is 34.1 Å². The quantitative estimate of drug-likeness (QED) is 0.902. The van der Waals surface area contributed by atoms with Crippen LogP contribution < -0.4 is 10.2 Å². The molecule has 8 nitrogen and oxygen atoms in total. The summed E-state index contributed by atoms with van der Waals surface area (Å²) in [7, 11) is 0. The number of pyridine rings is 1. The SMILES string of the molecule is CC(=O)N[C@]1(c2noc(C)n2)CCN(c2cc(C)nc(C)c2C#N)C1. The Morgan fingerprint density at radius 1 is 1.40 bits per heavy atom. The minimum Gasteiger partial charge on any atom is -0.367 e. The van der Waals surface area contributed by atoms with E-state index >= 15 is 0 Å². The molecule has 3 heterocycles. The number of nitriles is 1. The normalized spacial score (nSPS) is 19.7. The van der Waals surface area contributed by atoms with Crippen LogP contribution >= 0.6 is 0 Å². The lowest BCUT2D eigenvalue weighted by Gasteiger charge is -2.28. The molecule has 0 aliphatic carbocycles. The number of carbonyl (C=O) groups excluding carboxylic acids is 1. The molecule has 25 heavy (non-hydrogen) atoms. The van der Waals surface area contributed by atoms with Crippen molar-refractivity contribution in [2.75, 3.05) is 18.0 Å². The maximum absolute atomic E-state index is 11.8. The molecule has 8 heteroatoms. The zero-order chi connectivity index (χ0) is 18.2. The van der Waals surface area contributed by atoms with Crippen molar-refractivity contribution < 1.29 is 9.32 Å². The second-order valence-electron chi connectivity index (χ2n) is 6.43. The maximum Gasteiger partial charge on any atom is 0.223 e. The third-order valence-electron chi connectivity index (χ3n) is 4.40. The molecular formula is C17H20N6O2. The van der Waals surface area contributed by atoms with E-state index in [0.29, 0.717) is 42.5 Å². The Kier molecular flexibility index (Phi) is 4.17. The van der Waals surface area contributed by atoms with Crippen LogP contribution in [0, 0.1) is 32.1 Å². The van der Waals surface area contributed by atoms with Crippen LogP contribution in [-0.2, 0) is 10.3 Å². The average Bonchev–Trinajstić information content (AvgIpc) is 3.13. The number of nitrogens with one attached hydrogen (secondary N) is 1. The number of aromatic nitrogens is 3. The van der Waals surface area contributed by atoms with Gasteiger partial charge in [-0.3, -0.25) is 9.78 Å². The van der Waals surface area contributed by atoms with Crippen molar-refractivity contribution in [2.24, 2.45) is 0 Å². The Morgan fingerprint density at radius 3 is 2.76 bits per heavy atom. The van der Waals surface area contributed by atoms with Crippen molar-refractivity contribution in [3.63, 3.8) is 0 Å². The lowest BCUT2D eigenvalue weighted by Crippen LogP contribution is -2.48. The molecule has 0 bridgehead atoms. The van der Waals surface area contributed by atoms with E-state index < -0.39 is 5.54 Å². The van der Waals surface area contributed by atoms with Crippen molar-refractivity contribution in [3.05, 3.63) is 34.7 Å². The Morgan fingerprint density at radius 2 is 2.16 bits per heavy atom. The maximum atomic E-state index is 11.8. The van der Waals surface area contributed by atoms with Crippen LogP contribution in [0.1, 0.15) is 42.0 Å². The third kappa shape index (κ3) is 3.05. The molecular weight excluding hydrogens is 320 g/mol. The highest BCUT2D eigenvalue weighted by Gasteiger charge is 2.45. The van der Waals surface area contributed by atoms with Gasteiger partial charge in [0.2, 0.25) is 11.8 Å². The van der Waals surface area contributed by atoms with Gasteiger partial charge in [0, 0.05) is 32.6 Å². The molecule has 0 aromatic carbocycles. The molecule has 0 unspecified atom stereocenters. The summed E-state index contributed by atoms with van der Waals surface area (Å²) in [6.45, 7) is 8.04. The molecule has 0 spiro atoms. The first kappa shape index (κ1) is 16.9. The highest BCUT2D eigenvalue weighted by Crippen LogP contribution is 2.35. The number of amides is 1. The minimum atomic E-state index is -0.735. The van der Waals surface area contributed by atoms with E-state index in [0.717, 1.165) is 11.4 Å². The highest BCUT2D eigenvalue weighted by molar-refractivity contribution is 5.74. The Hall–Kier alpha value is -2.95. The fourth-order valence-electron chi connectivity index (χ4n) is 3.38. The van der Waals surface area contributed by atoms with E-state index in [-0.39, 0.29) is 5.91 Å². The van der Waals surface area contributed by atoms with Gasteiger partial charge in [-0.05, 0) is 26.3 Å². The van der Waals surface area contributed by atoms with Gasteiger partial charge in [-0.25, -0.2) is 0 Å². The largest absolute Gasteiger partial charge is 0.367 e. The van der Waals surface area contributed by atoms with Gasteiger partial charge >= 0.3 is 0 Å². The topological polar surface area (TPSA) is 108 Å². The fourth-order valence-corrected chi connectivity index (χ4v) is 3.38. The fraction of sp³-hybridized carbons (Fsp3) is 0.471. The molecule has 1 aliphatic heterocycles. The Balaban J connectivity index is 2.01. The van der Waals surface area contributed by atoms with Gasteiger partial charge in [-0.1, -0.05) is 5.16 Å². The zero-order valence-electron chi connectivity index (χ0n) is 14.8. The number of hydrogen-bond acceptors (Lipinski definition) is 7. The summed E-state index contributed by atoms with van der Waals surface area (Å²) < 4.78 is 5.11. The summed E-state index contributed by atoms with van der Waals surface area (Å²) in [4.78, 5) is 22.5. The van der Waals surface area contributed by atoms with Gasteiger partial charge in [0.05, 0.1) is 16.9 Å². The molecule has 1 fully saturated rings. The molecule has 1 saturated heterocycles. The summed E-state index contributed by atoms with van der Waals surface area (Å²) in [5, 5.41) is 16.5. The van der Waals surface area contributed by atoms with Crippen LogP contribution in [0.15, 0.2) is 10.6 Å². The van der Waals surface area contributed by atoms with Crippen molar-refractivity contribution in [2.45, 2.75) is 39.7 Å². The van der Waals surface area contributed by atoms with Crippen LogP contribution in [0.5, 0.6) is 0 Å². The number of carbonyl (C=O) groups is 1. The zero-order valence-corrected chi connectivity index (χ0v) is 14.8. The molecule has 0 radical (unpaired) electrons. The van der Waals surface area contributed by atoms with Crippen LogP contribution in [0.3, 0.4) is 0 Å². The summed E-state index contributed by atoms with van der Waals surface area (Å²) in [6, 6.07) is 4.14. The number of anilines is 1. The second-order valence-corrected chi connectivity index (χ2v) is 6.43. The standard InChI is InChI=1S/C17H20N6O2/c1-10-7-15(14(8-18)11(2)19-10)23-6-5-17(9-23,21-12(3)24)16-20-13(4)25-22-16/h7H,5-6,9H2,1-4H3,(H,21,24)/t17-/m1/s1. The number of aryl methyl sites for hydroxylation is 3. The van der Waals surface area contributed by atoms with E-state index in [2.05, 4.69) is 31.4 Å². The number of hydrogen-bond donors (Lipinski definition) is 1. The van der Waals surface area contributed by atoms with E-state index in [1.165, 1.54) is 6.92 Å². The summed E-state index contributed by atoms with van der Waals surface area (Å²) in [6.07, 6.45) is 0.622. The summed E-state index contributed by atoms with van der Waals surface area (Å²) in [5.41, 5.74) is 2.18. The van der Waals surface area contributed by atoms with Crippen molar-refractivity contribution in [3.8, 4) is 6.07 Å². The molecule has 1 amide bonds. The van der Waals surface area contributed by atoms with Gasteiger partial charge in [0.15, 0.2) is 5.82 Å². The average molecular weight is 340 g/mol. The molecule has 130 valence electrons. The van der Waals surface area contributed by atoms with E-state index in [4.69, 9.17) is 4.52 Å². The minimum absolute atomic E-state index is 0.160. The van der Waals surface area contributed by atoms with Crippen LogP contribution in [0.25, 0.3) is 0 Å². The first-order chi connectivity index (χ1) is 11.8. The van der Waals surface area contributed by atoms with Crippen molar-refractivity contribution in [1.29, 1.82) is 5.26 Å². The van der Waals surface area contributed by atoms with Gasteiger partial charge in [-0.2, -0.15) is 10.2 Å². The molecule has 2 aromatic rings. The van der Waals surface area contributed by atoms with Crippen LogP contribution in [0.4, 0.5) is 5.69 Å². The van der Waals surface area contributed by atoms with E-state index in [1.807, 2.05) is 19.9 Å². The van der Waals surface area contributed by atoms with Crippen molar-refractivity contribution in [1.82, 2.24) is 20.4 Å². The summed E-state index contributed by atoms with van der Waals surface area (Å²) in [5.74, 6) is 0.752. The van der Waals surface area contributed by atoms with E-state index in [1.54, 1.807) is 6.92 Å². The number of rotatable bonds is 3. The predicted molar refractivity (Wildman–Crippen MR) is 89.8 cm³/mol. The van der Waals surface area contributed by atoms with Gasteiger partial charge in [0.25, 0.3) is 0 Å². The highest BCUT2D eigenvalue weighted by atomic mass is 16.5. The molecule has 0 saturated carbocycles. The Labute approximate surface area is 145 Å². The van der Waals surface area contributed by atoms with Crippen LogP contribution in [0.2, 0.25) is 0 Å². The van der Waals surface area contributed by atoms with E-state index in [9.17, 15) is 10.1 Å². The predicted octanol–water partition coefficient (Wildman–Crippen LogP) is 1.50. The van der Waals surface area contributed by atoms with Gasteiger partial charge in [-0.15, -0.1) is 0 Å². The van der Waals surface area contributed by atoms with Gasteiger partial charge in [0.1, 0.15) is 11.6 Å². The molecule has 2 aromatic heterocycles. The molecule has 3 rings (SSSR count). The molecule has 1 aliphatic rings. The lowest BCUT2D eigenvalue weighted by molar-refractivity contribution is -0.120. The first-order valence-corrected chi connectivity index (χ1v) is 8.07. The van der Waals surface area contributed by atoms with Crippen molar-refractivity contribution >= 4 is 11.6 Å². The molecule has 1 N–H and O–H groups in total. The third-order valence-corrected chi connectivity index (χ3v) is 4.40. The summed E-state index contributed by atoms with van der Waals surface area (Å²) >= 11 is 0. The monoisotopic (exact) mass is 340 g/mol. The number of nitrogens with zero attached hydrogens (tertiary/aromatic N) is 5. The smallest absolute Gasteiger partial charge is 0.223 e. The Bertz CT molecular complexity index is 869. The lowest BCUT2D eigenvalue weighted by atomic mass is 9.97.